The molecule has 4 heteroatoms. The Morgan fingerprint density at radius 2 is 2.53 bits per heavy atom. The van der Waals surface area contributed by atoms with Gasteiger partial charge in [0.25, 0.3) is 0 Å². The van der Waals surface area contributed by atoms with Crippen molar-refractivity contribution in [2.24, 2.45) is 5.92 Å². The van der Waals surface area contributed by atoms with Gasteiger partial charge in [-0.15, -0.1) is 11.3 Å². The Kier molecular flexibility index (Phi) is 3.72. The van der Waals surface area contributed by atoms with Crippen molar-refractivity contribution < 1.29 is 5.11 Å². The van der Waals surface area contributed by atoms with E-state index in [0.717, 1.165) is 24.6 Å². The predicted octanol–water partition coefficient (Wildman–Crippen LogP) is 1.66. The van der Waals surface area contributed by atoms with Crippen molar-refractivity contribution in [1.82, 2.24) is 9.88 Å². The first-order chi connectivity index (χ1) is 7.28. The number of hydrogen-bond donors (Lipinski definition) is 1. The lowest BCUT2D eigenvalue weighted by Crippen LogP contribution is -2.36. The summed E-state index contributed by atoms with van der Waals surface area (Å²) in [5, 5.41) is 12.4. The van der Waals surface area contributed by atoms with Crippen LogP contribution in [0.2, 0.25) is 0 Å². The van der Waals surface area contributed by atoms with E-state index in [-0.39, 0.29) is 0 Å². The summed E-state index contributed by atoms with van der Waals surface area (Å²) in [7, 11) is 0. The Labute approximate surface area is 94.8 Å². The Morgan fingerprint density at radius 3 is 3.20 bits per heavy atom. The zero-order chi connectivity index (χ0) is 10.7. The van der Waals surface area contributed by atoms with E-state index in [1.54, 1.807) is 11.3 Å². The minimum atomic E-state index is 0.326. The second kappa shape index (κ2) is 5.05. The van der Waals surface area contributed by atoms with Crippen LogP contribution in [0, 0.1) is 12.8 Å². The molecular weight excluding hydrogens is 208 g/mol. The molecule has 3 nitrogen and oxygen atoms in total. The normalized spacial score (nSPS) is 23.2. The molecular formula is C11H18N2OS. The molecule has 1 aliphatic rings. The highest BCUT2D eigenvalue weighted by Crippen LogP contribution is 2.18. The van der Waals surface area contributed by atoms with Gasteiger partial charge in [-0.1, -0.05) is 0 Å². The number of hydrogen-bond acceptors (Lipinski definition) is 4. The number of likely N-dealkylation sites (tertiary alicyclic amines) is 1. The van der Waals surface area contributed by atoms with E-state index in [2.05, 4.69) is 15.3 Å². The molecule has 1 saturated heterocycles. The van der Waals surface area contributed by atoms with Gasteiger partial charge in [-0.25, -0.2) is 4.98 Å². The molecule has 0 radical (unpaired) electrons. The van der Waals surface area contributed by atoms with Crippen LogP contribution in [0.25, 0.3) is 0 Å². The number of rotatable bonds is 3. The topological polar surface area (TPSA) is 36.4 Å². The monoisotopic (exact) mass is 226 g/mol. The molecule has 15 heavy (non-hydrogen) atoms. The maximum atomic E-state index is 9.14. The molecule has 1 aliphatic heterocycles. The van der Waals surface area contributed by atoms with Crippen molar-refractivity contribution in [3.05, 3.63) is 16.1 Å². The molecule has 1 aromatic rings. The summed E-state index contributed by atoms with van der Waals surface area (Å²) in [5.74, 6) is 0.471. The Bertz CT molecular complexity index is 313. The molecule has 2 heterocycles. The molecule has 0 spiro atoms. The third-order valence-corrected chi connectivity index (χ3v) is 3.74. The van der Waals surface area contributed by atoms with Gasteiger partial charge in [0.15, 0.2) is 0 Å². The van der Waals surface area contributed by atoms with Crippen LogP contribution in [0.3, 0.4) is 0 Å². The number of nitrogens with zero attached hydrogens (tertiary/aromatic N) is 2. The van der Waals surface area contributed by atoms with E-state index in [4.69, 9.17) is 5.11 Å². The van der Waals surface area contributed by atoms with Crippen molar-refractivity contribution in [2.75, 3.05) is 19.7 Å². The molecule has 0 aromatic carbocycles. The van der Waals surface area contributed by atoms with Crippen molar-refractivity contribution in [3.63, 3.8) is 0 Å². The minimum absolute atomic E-state index is 0.326. The van der Waals surface area contributed by atoms with Crippen LogP contribution in [0.4, 0.5) is 0 Å². The first kappa shape index (κ1) is 11.0. The molecule has 0 saturated carbocycles. The molecule has 1 fully saturated rings. The van der Waals surface area contributed by atoms with Crippen LogP contribution >= 0.6 is 11.3 Å². The molecule has 84 valence electrons. The quantitative estimate of drug-likeness (QED) is 0.851. The summed E-state index contributed by atoms with van der Waals surface area (Å²) in [6, 6.07) is 0. The number of aryl methyl sites for hydroxylation is 1. The molecule has 0 aliphatic carbocycles. The van der Waals surface area contributed by atoms with Crippen LogP contribution in [-0.4, -0.2) is 34.7 Å². The fourth-order valence-electron chi connectivity index (χ4n) is 2.15. The van der Waals surface area contributed by atoms with Gasteiger partial charge < -0.3 is 5.11 Å². The highest BCUT2D eigenvalue weighted by molar-refractivity contribution is 7.09. The van der Waals surface area contributed by atoms with Crippen LogP contribution in [-0.2, 0) is 6.54 Å². The lowest BCUT2D eigenvalue weighted by atomic mass is 9.99. The number of aliphatic hydroxyl groups is 1. The average molecular weight is 226 g/mol. The van der Waals surface area contributed by atoms with Crippen LogP contribution in [0.15, 0.2) is 5.38 Å². The average Bonchev–Trinajstić information content (AvgIpc) is 2.64. The Balaban J connectivity index is 1.88. The molecule has 0 amide bonds. The van der Waals surface area contributed by atoms with Gasteiger partial charge in [-0.2, -0.15) is 0 Å². The summed E-state index contributed by atoms with van der Waals surface area (Å²) in [5.41, 5.74) is 1.18. The maximum Gasteiger partial charge on any atom is 0.0897 e. The van der Waals surface area contributed by atoms with Gasteiger partial charge in [-0.05, 0) is 32.2 Å². The summed E-state index contributed by atoms with van der Waals surface area (Å²) >= 11 is 1.71. The number of aliphatic hydroxyl groups excluding tert-OH is 1. The lowest BCUT2D eigenvalue weighted by molar-refractivity contribution is 0.115. The van der Waals surface area contributed by atoms with E-state index >= 15 is 0 Å². The summed E-state index contributed by atoms with van der Waals surface area (Å²) < 4.78 is 0. The lowest BCUT2D eigenvalue weighted by Gasteiger charge is -2.31. The maximum absolute atomic E-state index is 9.14. The second-order valence-electron chi connectivity index (χ2n) is 4.28. The first-order valence-electron chi connectivity index (χ1n) is 5.52. The van der Waals surface area contributed by atoms with Crippen molar-refractivity contribution >= 4 is 11.3 Å². The highest BCUT2D eigenvalue weighted by atomic mass is 32.1. The van der Waals surface area contributed by atoms with E-state index in [0.29, 0.717) is 12.5 Å². The van der Waals surface area contributed by atoms with Gasteiger partial charge in [0.1, 0.15) is 0 Å². The standard InChI is InChI=1S/C11H18N2OS/c1-9-12-11(8-15-9)6-13-4-2-3-10(5-13)7-14/h8,10,14H,2-7H2,1H3/t10-/m0/s1. The van der Waals surface area contributed by atoms with E-state index in [9.17, 15) is 0 Å². The predicted molar refractivity (Wildman–Crippen MR) is 61.9 cm³/mol. The largest absolute Gasteiger partial charge is 0.396 e. The number of piperidine rings is 1. The SMILES string of the molecule is Cc1nc(CN2CCC[C@H](CO)C2)cs1. The Morgan fingerprint density at radius 1 is 1.67 bits per heavy atom. The van der Waals surface area contributed by atoms with E-state index in [1.807, 2.05) is 6.92 Å². The third kappa shape index (κ3) is 3.00. The highest BCUT2D eigenvalue weighted by Gasteiger charge is 2.19. The summed E-state index contributed by atoms with van der Waals surface area (Å²) in [4.78, 5) is 6.87. The number of thiazole rings is 1. The van der Waals surface area contributed by atoms with Gasteiger partial charge in [0.2, 0.25) is 0 Å². The van der Waals surface area contributed by atoms with Crippen molar-refractivity contribution in [3.8, 4) is 0 Å². The van der Waals surface area contributed by atoms with Gasteiger partial charge >= 0.3 is 0 Å². The number of aromatic nitrogens is 1. The first-order valence-corrected chi connectivity index (χ1v) is 6.40. The van der Waals surface area contributed by atoms with Crippen molar-refractivity contribution in [2.45, 2.75) is 26.3 Å². The third-order valence-electron chi connectivity index (χ3n) is 2.91. The summed E-state index contributed by atoms with van der Waals surface area (Å²) in [6.07, 6.45) is 2.37. The van der Waals surface area contributed by atoms with Gasteiger partial charge in [0, 0.05) is 25.1 Å². The Hall–Kier alpha value is -0.450. The zero-order valence-corrected chi connectivity index (χ0v) is 9.96. The fraction of sp³-hybridized carbons (Fsp3) is 0.727. The van der Waals surface area contributed by atoms with Crippen LogP contribution < -0.4 is 0 Å². The minimum Gasteiger partial charge on any atom is -0.396 e. The zero-order valence-electron chi connectivity index (χ0n) is 9.15. The molecule has 1 aromatic heterocycles. The molecule has 0 bridgehead atoms. The summed E-state index contributed by atoms with van der Waals surface area (Å²) in [6.45, 7) is 5.48. The van der Waals surface area contributed by atoms with Gasteiger partial charge in [0.05, 0.1) is 10.7 Å². The smallest absolute Gasteiger partial charge is 0.0897 e. The molecule has 0 unspecified atom stereocenters. The van der Waals surface area contributed by atoms with Gasteiger partial charge in [-0.3, -0.25) is 4.90 Å². The van der Waals surface area contributed by atoms with E-state index in [1.165, 1.54) is 18.5 Å². The molecule has 2 rings (SSSR count). The van der Waals surface area contributed by atoms with E-state index < -0.39 is 0 Å². The fourth-order valence-corrected chi connectivity index (χ4v) is 2.76. The van der Waals surface area contributed by atoms with Crippen molar-refractivity contribution in [1.29, 1.82) is 0 Å². The molecule has 1 N–H and O–H groups in total. The van der Waals surface area contributed by atoms with Crippen LogP contribution in [0.1, 0.15) is 23.5 Å². The second-order valence-corrected chi connectivity index (χ2v) is 5.35. The van der Waals surface area contributed by atoms with Crippen LogP contribution in [0.5, 0.6) is 0 Å². The molecule has 1 atom stereocenters.